The molecule has 0 N–H and O–H groups in total. The molecule has 0 radical (unpaired) electrons. The van der Waals surface area contributed by atoms with Crippen molar-refractivity contribution in [2.75, 3.05) is 6.54 Å². The fourth-order valence-electron chi connectivity index (χ4n) is 3.84. The maximum absolute atomic E-state index is 13.7. The second-order valence-corrected chi connectivity index (χ2v) is 9.17. The second-order valence-electron chi connectivity index (χ2n) is 8.74. The lowest BCUT2D eigenvalue weighted by atomic mass is 9.88. The fraction of sp³-hybridized carbons (Fsp3) is 0.478. The van der Waals surface area contributed by atoms with E-state index in [1.165, 1.54) is 24.0 Å². The Morgan fingerprint density at radius 1 is 1.08 bits per heavy atom. The van der Waals surface area contributed by atoms with Gasteiger partial charge in [0.25, 0.3) is 0 Å². The van der Waals surface area contributed by atoms with Crippen LogP contribution in [0.1, 0.15) is 50.3 Å². The third kappa shape index (κ3) is 5.31. The highest BCUT2D eigenvalue weighted by Gasteiger charge is 2.26. The maximum Gasteiger partial charge on any atom is 0.123 e. The van der Waals surface area contributed by atoms with Crippen molar-refractivity contribution in [3.05, 3.63) is 70.0 Å². The van der Waals surface area contributed by atoms with Crippen molar-refractivity contribution in [2.24, 2.45) is 5.41 Å². The molecule has 0 aliphatic carbocycles. The monoisotopic (exact) mass is 373 g/mol. The molecule has 2 aromatic rings. The van der Waals surface area contributed by atoms with Crippen molar-refractivity contribution in [1.29, 1.82) is 0 Å². The van der Waals surface area contributed by atoms with Gasteiger partial charge in [-0.1, -0.05) is 50.6 Å². The number of halogens is 2. The van der Waals surface area contributed by atoms with Crippen molar-refractivity contribution >= 4 is 11.6 Å². The van der Waals surface area contributed by atoms with Crippen LogP contribution in [0.4, 0.5) is 4.39 Å². The molecule has 0 aromatic heterocycles. The Hall–Kier alpha value is -1.38. The predicted molar refractivity (Wildman–Crippen MR) is 108 cm³/mol. The lowest BCUT2D eigenvalue weighted by Crippen LogP contribution is -2.42. The fourth-order valence-corrected chi connectivity index (χ4v) is 3.96. The molecule has 26 heavy (non-hydrogen) atoms. The summed E-state index contributed by atoms with van der Waals surface area (Å²) in [5.41, 5.74) is 4.09. The largest absolute Gasteiger partial charge is 0.295 e. The van der Waals surface area contributed by atoms with Crippen molar-refractivity contribution in [3.8, 4) is 0 Å². The minimum absolute atomic E-state index is 0.129. The number of hydrogen-bond acceptors (Lipinski definition) is 1. The molecule has 1 heterocycles. The van der Waals surface area contributed by atoms with Gasteiger partial charge < -0.3 is 0 Å². The van der Waals surface area contributed by atoms with E-state index in [1.807, 2.05) is 18.2 Å². The van der Waals surface area contributed by atoms with Gasteiger partial charge in [0.2, 0.25) is 0 Å². The van der Waals surface area contributed by atoms with E-state index in [1.54, 1.807) is 12.1 Å². The molecule has 140 valence electrons. The van der Waals surface area contributed by atoms with Gasteiger partial charge in [-0.05, 0) is 78.6 Å². The molecule has 0 fully saturated rings. The van der Waals surface area contributed by atoms with Crippen LogP contribution >= 0.6 is 11.6 Å². The Morgan fingerprint density at radius 3 is 2.50 bits per heavy atom. The van der Waals surface area contributed by atoms with Crippen LogP contribution in [0.3, 0.4) is 0 Å². The molecule has 1 unspecified atom stereocenters. The van der Waals surface area contributed by atoms with Crippen LogP contribution in [0.15, 0.2) is 42.5 Å². The smallest absolute Gasteiger partial charge is 0.123 e. The van der Waals surface area contributed by atoms with E-state index in [9.17, 15) is 4.39 Å². The van der Waals surface area contributed by atoms with Gasteiger partial charge in [0.1, 0.15) is 5.82 Å². The van der Waals surface area contributed by atoms with E-state index in [0.29, 0.717) is 11.5 Å². The molecule has 0 bridgehead atoms. The average Bonchev–Trinajstić information content (AvgIpc) is 2.56. The van der Waals surface area contributed by atoms with Gasteiger partial charge in [-0.3, -0.25) is 4.90 Å². The van der Waals surface area contributed by atoms with E-state index in [0.717, 1.165) is 36.5 Å². The summed E-state index contributed by atoms with van der Waals surface area (Å²) >= 11 is 6.03. The molecule has 0 saturated heterocycles. The zero-order valence-electron chi connectivity index (χ0n) is 16.1. The first kappa shape index (κ1) is 19.4. The molecule has 1 aliphatic rings. The van der Waals surface area contributed by atoms with Crippen LogP contribution in [0.25, 0.3) is 0 Å². The Bertz CT molecular complexity index is 733. The summed E-state index contributed by atoms with van der Waals surface area (Å²) in [5, 5.41) is 0.770. The van der Waals surface area contributed by atoms with Gasteiger partial charge in [0, 0.05) is 17.6 Å². The number of nitrogens with zero attached hydrogens (tertiary/aromatic N) is 1. The summed E-state index contributed by atoms with van der Waals surface area (Å²) in [4.78, 5) is 2.58. The van der Waals surface area contributed by atoms with Gasteiger partial charge in [0.05, 0.1) is 0 Å². The third-order valence-electron chi connectivity index (χ3n) is 5.27. The summed E-state index contributed by atoms with van der Waals surface area (Å²) < 4.78 is 13.7. The topological polar surface area (TPSA) is 3.24 Å². The maximum atomic E-state index is 13.7. The Balaban J connectivity index is 1.75. The molecular weight excluding hydrogens is 345 g/mol. The van der Waals surface area contributed by atoms with E-state index < -0.39 is 0 Å². The molecular formula is C23H29ClFN. The van der Waals surface area contributed by atoms with Gasteiger partial charge in [-0.25, -0.2) is 4.39 Å². The quantitative estimate of drug-likeness (QED) is 0.596. The summed E-state index contributed by atoms with van der Waals surface area (Å²) in [6.07, 6.45) is 4.29. The normalized spacial score (nSPS) is 18.0. The van der Waals surface area contributed by atoms with Gasteiger partial charge in [0.15, 0.2) is 0 Å². The lowest BCUT2D eigenvalue weighted by Gasteiger charge is -2.37. The van der Waals surface area contributed by atoms with Gasteiger partial charge >= 0.3 is 0 Å². The van der Waals surface area contributed by atoms with Crippen molar-refractivity contribution in [3.63, 3.8) is 0 Å². The number of benzene rings is 2. The highest BCUT2D eigenvalue weighted by atomic mass is 35.5. The van der Waals surface area contributed by atoms with Crippen LogP contribution in [0.2, 0.25) is 5.02 Å². The van der Waals surface area contributed by atoms with Crippen LogP contribution in [0, 0.1) is 11.2 Å². The van der Waals surface area contributed by atoms with Gasteiger partial charge in [-0.2, -0.15) is 0 Å². The summed E-state index contributed by atoms with van der Waals surface area (Å²) in [6.45, 7) is 8.90. The Labute approximate surface area is 162 Å². The molecule has 0 saturated carbocycles. The first-order valence-electron chi connectivity index (χ1n) is 9.56. The summed E-state index contributed by atoms with van der Waals surface area (Å²) in [5.74, 6) is -0.129. The van der Waals surface area contributed by atoms with Crippen LogP contribution in [0.5, 0.6) is 0 Å². The average molecular weight is 374 g/mol. The number of rotatable bonds is 5. The van der Waals surface area contributed by atoms with Crippen LogP contribution < -0.4 is 0 Å². The van der Waals surface area contributed by atoms with Crippen LogP contribution in [-0.4, -0.2) is 17.5 Å². The highest BCUT2D eigenvalue weighted by Crippen LogP contribution is 2.28. The first-order chi connectivity index (χ1) is 12.3. The van der Waals surface area contributed by atoms with E-state index in [2.05, 4.69) is 37.8 Å². The minimum Gasteiger partial charge on any atom is -0.295 e. The third-order valence-corrected chi connectivity index (χ3v) is 5.52. The number of hydrogen-bond donors (Lipinski definition) is 0. The van der Waals surface area contributed by atoms with E-state index in [4.69, 9.17) is 11.6 Å². The van der Waals surface area contributed by atoms with Crippen molar-refractivity contribution in [1.82, 2.24) is 4.90 Å². The zero-order valence-corrected chi connectivity index (χ0v) is 16.8. The molecule has 1 nitrogen and oxygen atoms in total. The molecule has 0 spiro atoms. The molecule has 2 aromatic carbocycles. The molecule has 3 heteroatoms. The first-order valence-corrected chi connectivity index (χ1v) is 9.94. The second kappa shape index (κ2) is 8.10. The Morgan fingerprint density at radius 2 is 1.81 bits per heavy atom. The molecule has 1 aliphatic heterocycles. The number of fused-ring (bicyclic) bond motifs is 1. The summed E-state index contributed by atoms with van der Waals surface area (Å²) in [7, 11) is 0. The Kier molecular flexibility index (Phi) is 6.04. The lowest BCUT2D eigenvalue weighted by molar-refractivity contribution is 0.159. The zero-order chi connectivity index (χ0) is 18.7. The SMILES string of the molecule is CC(C)(C)CCCN1Cc2ccc(F)cc2CC1Cc1ccc(Cl)cc1. The molecule has 1 atom stereocenters. The highest BCUT2D eigenvalue weighted by molar-refractivity contribution is 6.30. The molecule has 3 rings (SSSR count). The standard InChI is InChI=1S/C23H29ClFN/c1-23(2,3)11-4-12-26-16-18-7-10-21(25)14-19(18)15-22(26)13-17-5-8-20(24)9-6-17/h5-10,14,22H,4,11-13,15-16H2,1-3H3. The minimum atomic E-state index is -0.129. The summed E-state index contributed by atoms with van der Waals surface area (Å²) in [6, 6.07) is 13.8. The van der Waals surface area contributed by atoms with Crippen LogP contribution in [-0.2, 0) is 19.4 Å². The predicted octanol–water partition coefficient (Wildman–Crippen LogP) is 6.27. The van der Waals surface area contributed by atoms with Gasteiger partial charge in [-0.15, -0.1) is 0 Å². The van der Waals surface area contributed by atoms with E-state index >= 15 is 0 Å². The molecule has 0 amide bonds. The van der Waals surface area contributed by atoms with E-state index in [-0.39, 0.29) is 5.82 Å². The van der Waals surface area contributed by atoms with Crippen molar-refractivity contribution in [2.45, 2.75) is 59.0 Å². The van der Waals surface area contributed by atoms with Crippen molar-refractivity contribution < 1.29 is 4.39 Å².